The minimum Gasteiger partial charge on any atom is -0.0622 e. The molecule has 0 heteroatoms. The highest BCUT2D eigenvalue weighted by molar-refractivity contribution is 6.03. The summed E-state index contributed by atoms with van der Waals surface area (Å²) in [5.74, 6) is 0. The van der Waals surface area contributed by atoms with Crippen LogP contribution >= 0.6 is 0 Å². The average Bonchev–Trinajstić information content (AvgIpc) is 2.55. The van der Waals surface area contributed by atoms with Gasteiger partial charge >= 0.3 is 0 Å². The topological polar surface area (TPSA) is 0 Å². The fraction of sp³-hybridized carbons (Fsp3) is 0. The molecule has 0 saturated carbocycles. The Balaban J connectivity index is 2.02. The van der Waals surface area contributed by atoms with Crippen LogP contribution in [0.2, 0.25) is 0 Å². The summed E-state index contributed by atoms with van der Waals surface area (Å²) in [6.07, 6.45) is 2.28. The number of fused-ring (bicyclic) bond motifs is 2. The molecule has 99 valence electrons. The molecule has 0 spiro atoms. The fourth-order valence-electron chi connectivity index (χ4n) is 2.92. The smallest absolute Gasteiger partial charge is 0.0211 e. The Morgan fingerprint density at radius 3 is 1.67 bits per heavy atom. The van der Waals surface area contributed by atoms with Gasteiger partial charge in [-0.1, -0.05) is 78.9 Å². The Morgan fingerprint density at radius 1 is 0.524 bits per heavy atom. The standard InChI is InChI=1S/C21H15/c1-2-8-16(9-3-1)14-21-19-12-6-4-10-17(19)15-18-11-5-7-13-20(18)21/h1-15H. The van der Waals surface area contributed by atoms with Crippen LogP contribution in [0.4, 0.5) is 0 Å². The highest BCUT2D eigenvalue weighted by atomic mass is 14.1. The van der Waals surface area contributed by atoms with Gasteiger partial charge in [-0.05, 0) is 38.7 Å². The summed E-state index contributed by atoms with van der Waals surface area (Å²) in [6, 6.07) is 30.0. The first-order chi connectivity index (χ1) is 10.4. The first-order valence-electron chi connectivity index (χ1n) is 7.22. The second-order valence-corrected chi connectivity index (χ2v) is 5.29. The molecule has 4 aromatic carbocycles. The van der Waals surface area contributed by atoms with Crippen molar-refractivity contribution in [3.63, 3.8) is 0 Å². The van der Waals surface area contributed by atoms with Crippen molar-refractivity contribution in [2.75, 3.05) is 0 Å². The van der Waals surface area contributed by atoms with Gasteiger partial charge in [0.2, 0.25) is 0 Å². The van der Waals surface area contributed by atoms with E-state index in [2.05, 4.69) is 91.3 Å². The molecule has 0 aliphatic heterocycles. The van der Waals surface area contributed by atoms with Gasteiger partial charge in [-0.25, -0.2) is 0 Å². The van der Waals surface area contributed by atoms with Crippen LogP contribution < -0.4 is 0 Å². The molecule has 0 amide bonds. The third kappa shape index (κ3) is 2.19. The molecule has 0 aliphatic rings. The number of rotatable bonds is 2. The summed E-state index contributed by atoms with van der Waals surface area (Å²) in [5.41, 5.74) is 2.54. The van der Waals surface area contributed by atoms with E-state index < -0.39 is 0 Å². The van der Waals surface area contributed by atoms with Crippen LogP contribution in [0.1, 0.15) is 11.1 Å². The highest BCUT2D eigenvalue weighted by Gasteiger charge is 2.08. The zero-order valence-corrected chi connectivity index (χ0v) is 11.7. The summed E-state index contributed by atoms with van der Waals surface area (Å²) < 4.78 is 0. The van der Waals surface area contributed by atoms with Crippen LogP contribution in [-0.4, -0.2) is 0 Å². The third-order valence-corrected chi connectivity index (χ3v) is 3.92. The summed E-state index contributed by atoms with van der Waals surface area (Å²) in [7, 11) is 0. The van der Waals surface area contributed by atoms with E-state index in [0.29, 0.717) is 0 Å². The highest BCUT2D eigenvalue weighted by Crippen LogP contribution is 2.31. The van der Waals surface area contributed by atoms with Crippen LogP contribution in [-0.2, 0) is 0 Å². The van der Waals surface area contributed by atoms with Gasteiger partial charge < -0.3 is 0 Å². The zero-order valence-electron chi connectivity index (χ0n) is 11.7. The molecule has 0 heterocycles. The normalized spacial score (nSPS) is 11.0. The zero-order chi connectivity index (χ0) is 14.1. The summed E-state index contributed by atoms with van der Waals surface area (Å²) in [6.45, 7) is 0. The lowest BCUT2D eigenvalue weighted by Crippen LogP contribution is -1.90. The van der Waals surface area contributed by atoms with Crippen LogP contribution in [0.15, 0.2) is 84.9 Å². The molecule has 0 fully saturated rings. The molecular formula is C21H15. The first-order valence-corrected chi connectivity index (χ1v) is 7.22. The van der Waals surface area contributed by atoms with Gasteiger partial charge in [0.25, 0.3) is 0 Å². The minimum absolute atomic E-state index is 1.24. The Morgan fingerprint density at radius 2 is 1.05 bits per heavy atom. The van der Waals surface area contributed by atoms with Crippen LogP contribution in [0.25, 0.3) is 21.5 Å². The van der Waals surface area contributed by atoms with E-state index in [9.17, 15) is 0 Å². The largest absolute Gasteiger partial charge is 0.0622 e. The first kappa shape index (κ1) is 12.2. The van der Waals surface area contributed by atoms with E-state index in [4.69, 9.17) is 0 Å². The molecule has 0 aliphatic carbocycles. The van der Waals surface area contributed by atoms with E-state index in [-0.39, 0.29) is 0 Å². The van der Waals surface area contributed by atoms with E-state index >= 15 is 0 Å². The number of benzene rings is 4. The molecule has 0 unspecified atom stereocenters. The molecule has 21 heavy (non-hydrogen) atoms. The molecular weight excluding hydrogens is 252 g/mol. The van der Waals surface area contributed by atoms with E-state index in [1.54, 1.807) is 0 Å². The summed E-state index contributed by atoms with van der Waals surface area (Å²) in [4.78, 5) is 0. The van der Waals surface area contributed by atoms with Crippen molar-refractivity contribution in [2.45, 2.75) is 0 Å². The van der Waals surface area contributed by atoms with Crippen LogP contribution in [0.3, 0.4) is 0 Å². The lowest BCUT2D eigenvalue weighted by molar-refractivity contribution is 1.48. The molecule has 0 nitrogen and oxygen atoms in total. The summed E-state index contributed by atoms with van der Waals surface area (Å²) >= 11 is 0. The van der Waals surface area contributed by atoms with E-state index in [0.717, 1.165) is 0 Å². The van der Waals surface area contributed by atoms with E-state index in [1.807, 2.05) is 0 Å². The van der Waals surface area contributed by atoms with Crippen molar-refractivity contribution in [3.05, 3.63) is 102 Å². The van der Waals surface area contributed by atoms with Crippen molar-refractivity contribution in [2.24, 2.45) is 0 Å². The second-order valence-electron chi connectivity index (χ2n) is 5.29. The molecule has 4 aromatic rings. The maximum atomic E-state index is 2.28. The second kappa shape index (κ2) is 5.06. The lowest BCUT2D eigenvalue weighted by Gasteiger charge is -2.11. The fourth-order valence-corrected chi connectivity index (χ4v) is 2.92. The molecule has 1 radical (unpaired) electrons. The average molecular weight is 267 g/mol. The van der Waals surface area contributed by atoms with Crippen molar-refractivity contribution in [1.82, 2.24) is 0 Å². The predicted molar refractivity (Wildman–Crippen MR) is 90.4 cm³/mol. The molecule has 0 bridgehead atoms. The molecule has 0 aromatic heterocycles. The van der Waals surface area contributed by atoms with Gasteiger partial charge in [0.15, 0.2) is 0 Å². The lowest BCUT2D eigenvalue weighted by atomic mass is 9.92. The Hall–Kier alpha value is -2.60. The Labute approximate surface area is 124 Å². The van der Waals surface area contributed by atoms with Crippen molar-refractivity contribution in [3.8, 4) is 0 Å². The quantitative estimate of drug-likeness (QED) is 0.415. The molecule has 4 rings (SSSR count). The Bertz CT molecular complexity index is 851. The van der Waals surface area contributed by atoms with Crippen molar-refractivity contribution < 1.29 is 0 Å². The number of hydrogen-bond acceptors (Lipinski definition) is 0. The van der Waals surface area contributed by atoms with E-state index in [1.165, 1.54) is 32.7 Å². The Kier molecular flexibility index (Phi) is 2.93. The molecule has 0 atom stereocenters. The third-order valence-electron chi connectivity index (χ3n) is 3.92. The minimum atomic E-state index is 1.24. The summed E-state index contributed by atoms with van der Waals surface area (Å²) in [5, 5.41) is 5.19. The van der Waals surface area contributed by atoms with Crippen molar-refractivity contribution >= 4 is 21.5 Å². The maximum Gasteiger partial charge on any atom is 0.0211 e. The van der Waals surface area contributed by atoms with Gasteiger partial charge in [0, 0.05) is 6.42 Å². The predicted octanol–water partition coefficient (Wildman–Crippen LogP) is 5.59. The number of hydrogen-bond donors (Lipinski definition) is 0. The van der Waals surface area contributed by atoms with Gasteiger partial charge in [-0.3, -0.25) is 0 Å². The molecule has 0 N–H and O–H groups in total. The van der Waals surface area contributed by atoms with Gasteiger partial charge in [-0.2, -0.15) is 0 Å². The van der Waals surface area contributed by atoms with Gasteiger partial charge in [0.1, 0.15) is 0 Å². The van der Waals surface area contributed by atoms with Crippen LogP contribution in [0.5, 0.6) is 0 Å². The maximum absolute atomic E-state index is 2.28. The van der Waals surface area contributed by atoms with Crippen LogP contribution in [0, 0.1) is 6.42 Å². The van der Waals surface area contributed by atoms with Crippen molar-refractivity contribution in [1.29, 1.82) is 0 Å². The van der Waals surface area contributed by atoms with Gasteiger partial charge in [-0.15, -0.1) is 0 Å². The monoisotopic (exact) mass is 267 g/mol. The molecule has 0 saturated heterocycles. The van der Waals surface area contributed by atoms with Gasteiger partial charge in [0.05, 0.1) is 0 Å². The SMILES string of the molecule is [CH](c1ccccc1)c1c2ccccc2cc2ccccc12.